The van der Waals surface area contributed by atoms with Gasteiger partial charge in [0.05, 0.1) is 18.7 Å². The minimum atomic E-state index is -1.65. The number of rotatable bonds is 5. The molecule has 2 aliphatic heterocycles. The van der Waals surface area contributed by atoms with Crippen LogP contribution in [0.15, 0.2) is 40.0 Å². The Balaban J connectivity index is 1.79. The van der Waals surface area contributed by atoms with Gasteiger partial charge in [-0.25, -0.2) is 27.7 Å². The van der Waals surface area contributed by atoms with E-state index in [4.69, 9.17) is 9.47 Å². The number of carbonyl (C=O) groups is 3. The molecular weight excluding hydrogens is 513 g/mol. The van der Waals surface area contributed by atoms with E-state index in [-0.39, 0.29) is 35.5 Å². The quantitative estimate of drug-likeness (QED) is 0.463. The number of halogens is 3. The number of aliphatic imine (C=N–C) groups is 1. The third-order valence-corrected chi connectivity index (χ3v) is 6.34. The van der Waals surface area contributed by atoms with Gasteiger partial charge in [0.25, 0.3) is 5.91 Å². The van der Waals surface area contributed by atoms with Crippen molar-refractivity contribution in [2.45, 2.75) is 51.3 Å². The molecule has 2 aromatic rings. The summed E-state index contributed by atoms with van der Waals surface area (Å²) in [4.78, 5) is 48.6. The molecule has 3 heterocycles. The maximum atomic E-state index is 14.5. The minimum absolute atomic E-state index is 0.0733. The first-order chi connectivity index (χ1) is 17.4. The van der Waals surface area contributed by atoms with Crippen LogP contribution in [0.3, 0.4) is 0 Å². The number of amidine groups is 1. The normalized spacial score (nSPS) is 19.5. The molecule has 37 heavy (non-hydrogen) atoms. The third kappa shape index (κ3) is 5.22. The van der Waals surface area contributed by atoms with Gasteiger partial charge in [0.2, 0.25) is 0 Å². The lowest BCUT2D eigenvalue weighted by molar-refractivity contribution is -0.136. The number of benzene rings is 1. The number of amides is 2. The van der Waals surface area contributed by atoms with Gasteiger partial charge < -0.3 is 14.8 Å². The number of aromatic nitrogens is 1. The summed E-state index contributed by atoms with van der Waals surface area (Å²) >= 11 is 1.16. The average molecular weight is 537 g/mol. The number of carbonyl (C=O) groups excluding carboxylic acids is 3. The van der Waals surface area contributed by atoms with Crippen molar-refractivity contribution in [3.8, 4) is 0 Å². The summed E-state index contributed by atoms with van der Waals surface area (Å²) in [5, 5.41) is 4.48. The molecule has 196 valence electrons. The molecular formula is C24H23F3N4O5S. The number of hydrogen-bond donors (Lipinski definition) is 1. The van der Waals surface area contributed by atoms with Crippen LogP contribution in [0.25, 0.3) is 0 Å². The van der Waals surface area contributed by atoms with Crippen molar-refractivity contribution in [2.24, 2.45) is 4.99 Å². The zero-order valence-corrected chi connectivity index (χ0v) is 21.1. The number of nitrogens with zero attached hydrogens (tertiary/aromatic N) is 3. The SMILES string of the molecule is COC(=O)C1=C2C[C@H](NC(=O)OC(C)(C)C)C(=O)N2C(c2nccs2)=N[C@H]1Cc1ccc(F)c(F)c1F. The van der Waals surface area contributed by atoms with Gasteiger partial charge in [-0.2, -0.15) is 0 Å². The zero-order valence-electron chi connectivity index (χ0n) is 20.3. The van der Waals surface area contributed by atoms with Gasteiger partial charge in [-0.15, -0.1) is 11.3 Å². The molecule has 4 rings (SSSR count). The number of fused-ring (bicyclic) bond motifs is 1. The molecule has 2 amide bonds. The molecule has 0 bridgehead atoms. The molecule has 0 saturated carbocycles. The Morgan fingerprint density at radius 1 is 1.22 bits per heavy atom. The molecule has 2 aliphatic rings. The number of methoxy groups -OCH3 is 1. The molecule has 0 aliphatic carbocycles. The summed E-state index contributed by atoms with van der Waals surface area (Å²) in [6.07, 6.45) is 0.198. The van der Waals surface area contributed by atoms with E-state index in [0.717, 1.165) is 30.6 Å². The molecule has 2 atom stereocenters. The second kappa shape index (κ2) is 9.96. The average Bonchev–Trinajstić information content (AvgIpc) is 3.46. The van der Waals surface area contributed by atoms with Crippen LogP contribution in [-0.2, 0) is 25.5 Å². The van der Waals surface area contributed by atoms with Crippen molar-refractivity contribution in [3.63, 3.8) is 0 Å². The summed E-state index contributed by atoms with van der Waals surface area (Å²) in [6.45, 7) is 5.00. The summed E-state index contributed by atoms with van der Waals surface area (Å²) in [7, 11) is 1.13. The first-order valence-electron chi connectivity index (χ1n) is 11.2. The second-order valence-corrected chi connectivity index (χ2v) is 10.2. The van der Waals surface area contributed by atoms with Crippen LogP contribution >= 0.6 is 11.3 Å². The molecule has 1 aromatic carbocycles. The van der Waals surface area contributed by atoms with Gasteiger partial charge in [-0.3, -0.25) is 14.7 Å². The standard InChI is InChI=1S/C24H23F3N4O5S/c1-24(2,3)36-23(34)30-14-10-15-16(22(33)35-4)13(9-11-5-6-12(25)18(27)17(11)26)29-19(31(15)21(14)32)20-28-7-8-37-20/h5-8,13-14H,9-10H2,1-4H3,(H,30,34)/t13-,14-/m0/s1. The first-order valence-corrected chi connectivity index (χ1v) is 12.0. The molecule has 9 nitrogen and oxygen atoms in total. The van der Waals surface area contributed by atoms with E-state index >= 15 is 0 Å². The Hall–Kier alpha value is -3.74. The fourth-order valence-electron chi connectivity index (χ4n) is 4.08. The molecule has 0 unspecified atom stereocenters. The minimum Gasteiger partial charge on any atom is -0.466 e. The van der Waals surface area contributed by atoms with Gasteiger partial charge in [-0.1, -0.05) is 6.07 Å². The number of alkyl carbamates (subject to hydrolysis) is 1. The van der Waals surface area contributed by atoms with Gasteiger partial charge in [0.1, 0.15) is 11.6 Å². The smallest absolute Gasteiger partial charge is 0.408 e. The highest BCUT2D eigenvalue weighted by molar-refractivity contribution is 7.11. The third-order valence-electron chi connectivity index (χ3n) is 5.57. The van der Waals surface area contributed by atoms with Crippen molar-refractivity contribution < 1.29 is 37.0 Å². The molecule has 0 radical (unpaired) electrons. The van der Waals surface area contributed by atoms with Crippen LogP contribution in [-0.4, -0.2) is 58.5 Å². The predicted molar refractivity (Wildman–Crippen MR) is 126 cm³/mol. The molecule has 13 heteroatoms. The van der Waals surface area contributed by atoms with Crippen LogP contribution in [0.2, 0.25) is 0 Å². The van der Waals surface area contributed by atoms with Crippen LogP contribution in [0.4, 0.5) is 18.0 Å². The summed E-state index contributed by atoms with van der Waals surface area (Å²) in [5.74, 6) is -5.77. The lowest BCUT2D eigenvalue weighted by atomic mass is 9.94. The summed E-state index contributed by atoms with van der Waals surface area (Å²) < 4.78 is 52.1. The van der Waals surface area contributed by atoms with Gasteiger partial charge >= 0.3 is 12.1 Å². The van der Waals surface area contributed by atoms with Crippen molar-refractivity contribution in [1.29, 1.82) is 0 Å². The molecule has 1 N–H and O–H groups in total. The van der Waals surface area contributed by atoms with E-state index in [1.807, 2.05) is 0 Å². The number of nitrogens with one attached hydrogen (secondary N) is 1. The van der Waals surface area contributed by atoms with Crippen LogP contribution in [0, 0.1) is 17.5 Å². The van der Waals surface area contributed by atoms with Crippen LogP contribution in [0.5, 0.6) is 0 Å². The Bertz CT molecular complexity index is 1320. The Kier molecular flexibility index (Phi) is 7.09. The van der Waals surface area contributed by atoms with Crippen LogP contribution in [0.1, 0.15) is 37.8 Å². The van der Waals surface area contributed by atoms with E-state index in [9.17, 15) is 27.6 Å². The lowest BCUT2D eigenvalue weighted by Gasteiger charge is -2.30. The fourth-order valence-corrected chi connectivity index (χ4v) is 4.70. The summed E-state index contributed by atoms with van der Waals surface area (Å²) in [5.41, 5.74) is -0.947. The van der Waals surface area contributed by atoms with E-state index in [2.05, 4.69) is 15.3 Å². The predicted octanol–water partition coefficient (Wildman–Crippen LogP) is 3.48. The molecule has 0 spiro atoms. The maximum absolute atomic E-state index is 14.5. The zero-order chi connectivity index (χ0) is 27.1. The number of hydrogen-bond acceptors (Lipinski definition) is 8. The molecule has 1 saturated heterocycles. The largest absolute Gasteiger partial charge is 0.466 e. The van der Waals surface area contributed by atoms with Gasteiger partial charge in [-0.05, 0) is 32.4 Å². The highest BCUT2D eigenvalue weighted by Crippen LogP contribution is 2.36. The Morgan fingerprint density at radius 2 is 1.95 bits per heavy atom. The fraction of sp³-hybridized carbons (Fsp3) is 0.375. The highest BCUT2D eigenvalue weighted by atomic mass is 32.1. The number of ether oxygens (including phenoxy) is 2. The van der Waals surface area contributed by atoms with E-state index in [0.29, 0.717) is 5.01 Å². The molecule has 1 aromatic heterocycles. The first kappa shape index (κ1) is 26.3. The Labute approximate surface area is 214 Å². The lowest BCUT2D eigenvalue weighted by Crippen LogP contribution is -2.46. The second-order valence-electron chi connectivity index (χ2n) is 9.27. The van der Waals surface area contributed by atoms with E-state index in [1.54, 1.807) is 26.2 Å². The van der Waals surface area contributed by atoms with Gasteiger partial charge in [0, 0.05) is 30.1 Å². The highest BCUT2D eigenvalue weighted by Gasteiger charge is 2.47. The number of thiazole rings is 1. The van der Waals surface area contributed by atoms with Crippen molar-refractivity contribution in [2.75, 3.05) is 7.11 Å². The maximum Gasteiger partial charge on any atom is 0.408 e. The van der Waals surface area contributed by atoms with Crippen molar-refractivity contribution in [3.05, 3.63) is 63.0 Å². The monoisotopic (exact) mass is 536 g/mol. The number of esters is 1. The van der Waals surface area contributed by atoms with E-state index < -0.39 is 53.1 Å². The molecule has 1 fully saturated rings. The topological polar surface area (TPSA) is 110 Å². The van der Waals surface area contributed by atoms with Crippen molar-refractivity contribution in [1.82, 2.24) is 15.2 Å². The summed E-state index contributed by atoms with van der Waals surface area (Å²) in [6, 6.07) is -0.386. The van der Waals surface area contributed by atoms with Gasteiger partial charge in [0.15, 0.2) is 28.3 Å². The van der Waals surface area contributed by atoms with Crippen molar-refractivity contribution >= 4 is 35.1 Å². The van der Waals surface area contributed by atoms with E-state index in [1.165, 1.54) is 11.1 Å². The van der Waals surface area contributed by atoms with Crippen LogP contribution < -0.4 is 5.32 Å². The Morgan fingerprint density at radius 3 is 2.57 bits per heavy atom.